The minimum absolute atomic E-state index is 0.0441. The van der Waals surface area contributed by atoms with Crippen LogP contribution < -0.4 is 10.2 Å². The number of aryl methyl sites for hydroxylation is 1. The Labute approximate surface area is 156 Å². The molecule has 0 saturated heterocycles. The third-order valence-corrected chi connectivity index (χ3v) is 4.10. The van der Waals surface area contributed by atoms with Gasteiger partial charge in [-0.25, -0.2) is 5.43 Å². The number of aromatic nitrogens is 2. The highest BCUT2D eigenvalue weighted by Gasteiger charge is 2.11. The zero-order valence-electron chi connectivity index (χ0n) is 15.1. The van der Waals surface area contributed by atoms with E-state index in [2.05, 4.69) is 27.6 Å². The number of carbonyl (C=O) groups excluding carboxylic acids is 1. The number of hydrogen-bond acceptors (Lipinski definition) is 5. The molecular formula is C20H20N4O3. The molecule has 0 aliphatic heterocycles. The Morgan fingerprint density at radius 1 is 1.30 bits per heavy atom. The molecular weight excluding hydrogens is 344 g/mol. The first-order valence-electron chi connectivity index (χ1n) is 8.46. The number of amides is 1. The van der Waals surface area contributed by atoms with Crippen LogP contribution in [0.25, 0.3) is 11.3 Å². The number of ether oxygens (including phenoxy) is 1. The number of methoxy groups -OCH3 is 1. The molecule has 7 nitrogen and oxygen atoms in total. The van der Waals surface area contributed by atoms with Gasteiger partial charge in [-0.3, -0.25) is 9.89 Å². The van der Waals surface area contributed by atoms with Crippen LogP contribution in [0.2, 0.25) is 0 Å². The van der Waals surface area contributed by atoms with Crippen LogP contribution >= 0.6 is 0 Å². The zero-order chi connectivity index (χ0) is 19.2. The number of aromatic hydroxyl groups is 1. The van der Waals surface area contributed by atoms with Crippen molar-refractivity contribution in [1.29, 1.82) is 0 Å². The Kier molecular flexibility index (Phi) is 5.51. The lowest BCUT2D eigenvalue weighted by Crippen LogP contribution is -2.18. The Morgan fingerprint density at radius 3 is 2.78 bits per heavy atom. The molecule has 0 atom stereocenters. The van der Waals surface area contributed by atoms with Gasteiger partial charge in [0.2, 0.25) is 0 Å². The van der Waals surface area contributed by atoms with E-state index >= 15 is 0 Å². The van der Waals surface area contributed by atoms with Crippen molar-refractivity contribution in [3.8, 4) is 22.8 Å². The molecule has 0 radical (unpaired) electrons. The lowest BCUT2D eigenvalue weighted by atomic mass is 10.1. The molecule has 138 valence electrons. The van der Waals surface area contributed by atoms with E-state index < -0.39 is 5.91 Å². The van der Waals surface area contributed by atoms with Crippen molar-refractivity contribution in [2.75, 3.05) is 7.11 Å². The highest BCUT2D eigenvalue weighted by atomic mass is 16.5. The van der Waals surface area contributed by atoms with E-state index in [-0.39, 0.29) is 11.4 Å². The topological polar surface area (TPSA) is 99.6 Å². The van der Waals surface area contributed by atoms with Crippen LogP contribution in [0.3, 0.4) is 0 Å². The van der Waals surface area contributed by atoms with Crippen LogP contribution in [-0.4, -0.2) is 34.5 Å². The van der Waals surface area contributed by atoms with Crippen molar-refractivity contribution in [2.45, 2.75) is 13.3 Å². The second-order valence-electron chi connectivity index (χ2n) is 5.81. The molecule has 0 aliphatic rings. The van der Waals surface area contributed by atoms with Gasteiger partial charge in [-0.15, -0.1) is 0 Å². The van der Waals surface area contributed by atoms with Crippen molar-refractivity contribution in [2.24, 2.45) is 5.10 Å². The molecule has 1 amide bonds. The molecule has 0 fully saturated rings. The summed E-state index contributed by atoms with van der Waals surface area (Å²) >= 11 is 0. The highest BCUT2D eigenvalue weighted by Crippen LogP contribution is 2.27. The largest absolute Gasteiger partial charge is 0.504 e. The normalized spacial score (nSPS) is 10.9. The van der Waals surface area contributed by atoms with Gasteiger partial charge in [-0.05, 0) is 30.2 Å². The Hall–Kier alpha value is -3.61. The zero-order valence-corrected chi connectivity index (χ0v) is 15.1. The van der Waals surface area contributed by atoms with Crippen molar-refractivity contribution in [3.05, 3.63) is 65.4 Å². The second kappa shape index (κ2) is 8.18. The summed E-state index contributed by atoms with van der Waals surface area (Å²) in [6.45, 7) is 2.10. The van der Waals surface area contributed by atoms with Crippen LogP contribution in [0.15, 0.2) is 53.6 Å². The molecule has 1 aromatic heterocycles. The molecule has 1 heterocycles. The van der Waals surface area contributed by atoms with Gasteiger partial charge in [0, 0.05) is 11.1 Å². The van der Waals surface area contributed by atoms with E-state index in [1.54, 1.807) is 24.3 Å². The van der Waals surface area contributed by atoms with Gasteiger partial charge in [0.25, 0.3) is 5.91 Å². The van der Waals surface area contributed by atoms with Crippen molar-refractivity contribution < 1.29 is 14.6 Å². The summed E-state index contributed by atoms with van der Waals surface area (Å²) in [4.78, 5) is 12.2. The van der Waals surface area contributed by atoms with E-state index in [9.17, 15) is 9.90 Å². The van der Waals surface area contributed by atoms with Gasteiger partial charge in [-0.1, -0.05) is 37.3 Å². The van der Waals surface area contributed by atoms with E-state index in [0.717, 1.165) is 12.0 Å². The first-order valence-corrected chi connectivity index (χ1v) is 8.46. The molecule has 3 rings (SSSR count). The van der Waals surface area contributed by atoms with Crippen molar-refractivity contribution >= 4 is 12.1 Å². The molecule has 3 N–H and O–H groups in total. The van der Waals surface area contributed by atoms with Crippen LogP contribution in [0.1, 0.15) is 28.5 Å². The van der Waals surface area contributed by atoms with Gasteiger partial charge in [-0.2, -0.15) is 10.2 Å². The molecule has 0 unspecified atom stereocenters. The predicted molar refractivity (Wildman–Crippen MR) is 103 cm³/mol. The van der Waals surface area contributed by atoms with Crippen LogP contribution in [-0.2, 0) is 6.42 Å². The Balaban J connectivity index is 1.67. The smallest absolute Gasteiger partial charge is 0.289 e. The van der Waals surface area contributed by atoms with Gasteiger partial charge < -0.3 is 9.84 Å². The number of carbonyl (C=O) groups is 1. The number of aromatic amines is 1. The van der Waals surface area contributed by atoms with E-state index in [0.29, 0.717) is 17.0 Å². The molecule has 3 aromatic rings. The number of H-pyrrole nitrogens is 1. The Bertz CT molecular complexity index is 962. The summed E-state index contributed by atoms with van der Waals surface area (Å²) in [5, 5.41) is 20.7. The van der Waals surface area contributed by atoms with E-state index in [1.165, 1.54) is 18.9 Å². The monoisotopic (exact) mass is 364 g/mol. The molecule has 0 spiro atoms. The number of nitrogens with one attached hydrogen (secondary N) is 2. The number of phenols is 1. The van der Waals surface area contributed by atoms with Gasteiger partial charge in [0.1, 0.15) is 5.69 Å². The predicted octanol–water partition coefficient (Wildman–Crippen LogP) is 3.12. The third kappa shape index (κ3) is 4.14. The quantitative estimate of drug-likeness (QED) is 0.462. The van der Waals surface area contributed by atoms with Crippen molar-refractivity contribution in [3.63, 3.8) is 0 Å². The SMILES string of the molecule is CCc1ccc(-c2cc(C(=O)N/N=C\c3cccc(OC)c3O)[nH]n2)cc1. The minimum Gasteiger partial charge on any atom is -0.504 e. The first kappa shape index (κ1) is 18.2. The number of rotatable bonds is 6. The number of para-hydroxylation sites is 1. The van der Waals surface area contributed by atoms with E-state index in [4.69, 9.17) is 4.74 Å². The summed E-state index contributed by atoms with van der Waals surface area (Å²) in [6, 6.07) is 14.7. The Morgan fingerprint density at radius 2 is 2.07 bits per heavy atom. The maximum absolute atomic E-state index is 12.2. The lowest BCUT2D eigenvalue weighted by Gasteiger charge is -2.04. The number of phenolic OH excluding ortho intramolecular Hbond substituents is 1. The molecule has 0 saturated carbocycles. The maximum Gasteiger partial charge on any atom is 0.289 e. The van der Waals surface area contributed by atoms with E-state index in [1.807, 2.05) is 24.3 Å². The minimum atomic E-state index is -0.433. The average molecular weight is 364 g/mol. The number of benzene rings is 2. The standard InChI is InChI=1S/C20H20N4O3/c1-3-13-7-9-14(10-8-13)16-11-17(23-22-16)20(26)24-21-12-15-5-4-6-18(27-2)19(15)25/h4-12,25H,3H2,1-2H3,(H,22,23)(H,24,26)/b21-12-. The van der Waals surface area contributed by atoms with Gasteiger partial charge in [0.05, 0.1) is 19.0 Å². The summed E-state index contributed by atoms with van der Waals surface area (Å²) in [5.74, 6) is -0.146. The molecule has 0 bridgehead atoms. The number of hydrogen-bond donors (Lipinski definition) is 3. The first-order chi connectivity index (χ1) is 13.1. The summed E-state index contributed by atoms with van der Waals surface area (Å²) < 4.78 is 5.03. The molecule has 2 aromatic carbocycles. The fraction of sp³-hybridized carbons (Fsp3) is 0.150. The highest BCUT2D eigenvalue weighted by molar-refractivity contribution is 5.94. The molecule has 0 aliphatic carbocycles. The third-order valence-electron chi connectivity index (χ3n) is 4.10. The summed E-state index contributed by atoms with van der Waals surface area (Å²) in [5.41, 5.74) is 5.96. The number of nitrogens with zero attached hydrogens (tertiary/aromatic N) is 2. The summed E-state index contributed by atoms with van der Waals surface area (Å²) in [6.07, 6.45) is 2.31. The lowest BCUT2D eigenvalue weighted by molar-refractivity contribution is 0.0950. The maximum atomic E-state index is 12.2. The fourth-order valence-electron chi connectivity index (χ4n) is 2.53. The van der Waals surface area contributed by atoms with Crippen molar-refractivity contribution in [1.82, 2.24) is 15.6 Å². The fourth-order valence-corrected chi connectivity index (χ4v) is 2.53. The van der Waals surface area contributed by atoms with Gasteiger partial charge >= 0.3 is 0 Å². The van der Waals surface area contributed by atoms with Crippen LogP contribution in [0.5, 0.6) is 11.5 Å². The second-order valence-corrected chi connectivity index (χ2v) is 5.81. The number of hydrazone groups is 1. The van der Waals surface area contributed by atoms with Crippen LogP contribution in [0, 0.1) is 0 Å². The molecule has 7 heteroatoms. The summed E-state index contributed by atoms with van der Waals surface area (Å²) in [7, 11) is 1.46. The average Bonchev–Trinajstić information content (AvgIpc) is 3.19. The van der Waals surface area contributed by atoms with Gasteiger partial charge in [0.15, 0.2) is 11.5 Å². The van der Waals surface area contributed by atoms with Crippen LogP contribution in [0.4, 0.5) is 0 Å². The molecule has 27 heavy (non-hydrogen) atoms.